The fraction of sp³-hybridized carbons (Fsp3) is 0.0769. The van der Waals surface area contributed by atoms with E-state index in [4.69, 9.17) is 17.4 Å². The molecule has 0 aliphatic heterocycles. The predicted molar refractivity (Wildman–Crippen MR) is 80.0 cm³/mol. The second-order valence-electron chi connectivity index (χ2n) is 4.34. The molecule has 0 aliphatic rings. The molecule has 3 aromatic rings. The Morgan fingerprint density at radius 1 is 1.24 bits per heavy atom. The van der Waals surface area contributed by atoms with Gasteiger partial charge in [0.15, 0.2) is 0 Å². The van der Waals surface area contributed by atoms with Crippen molar-refractivity contribution in [2.75, 3.05) is 5.43 Å². The number of halogens is 1. The lowest BCUT2D eigenvalue weighted by atomic mass is 10.2. The van der Waals surface area contributed by atoms with Gasteiger partial charge in [-0.1, -0.05) is 28.9 Å². The summed E-state index contributed by atoms with van der Waals surface area (Å²) in [5, 5.41) is 8.84. The number of pyridine rings is 1. The molecule has 0 bridgehead atoms. The monoisotopic (exact) mass is 302 g/mol. The molecule has 2 heterocycles. The van der Waals surface area contributed by atoms with Gasteiger partial charge in [-0.05, 0) is 24.3 Å². The maximum atomic E-state index is 12.3. The topological polar surface area (TPSA) is 98.7 Å². The zero-order valence-corrected chi connectivity index (χ0v) is 11.6. The van der Waals surface area contributed by atoms with Crippen LogP contribution < -0.4 is 16.8 Å². The average Bonchev–Trinajstić information content (AvgIpc) is 2.52. The number of fused-ring (bicyclic) bond motifs is 1. The van der Waals surface area contributed by atoms with E-state index < -0.39 is 0 Å². The standard InChI is InChI=1S/C13H11ClN6O/c14-9-5-6-12(17-15)16-11(9)7-20-13(21)8-3-1-2-4-10(8)18-19-20/h1-6H,7,15H2,(H,16,17). The zero-order chi connectivity index (χ0) is 14.8. The molecule has 0 fully saturated rings. The van der Waals surface area contributed by atoms with Crippen molar-refractivity contribution in [3.63, 3.8) is 0 Å². The number of nitrogens with one attached hydrogen (secondary N) is 1. The van der Waals surface area contributed by atoms with E-state index in [1.54, 1.807) is 36.4 Å². The Balaban J connectivity index is 2.06. The van der Waals surface area contributed by atoms with E-state index in [0.717, 1.165) is 0 Å². The van der Waals surface area contributed by atoms with E-state index in [0.29, 0.717) is 27.4 Å². The summed E-state index contributed by atoms with van der Waals surface area (Å²) in [5.74, 6) is 5.77. The van der Waals surface area contributed by atoms with Crippen LogP contribution in [0.3, 0.4) is 0 Å². The maximum absolute atomic E-state index is 12.3. The molecule has 106 valence electrons. The largest absolute Gasteiger partial charge is 0.308 e. The quantitative estimate of drug-likeness (QED) is 0.557. The Morgan fingerprint density at radius 3 is 2.86 bits per heavy atom. The summed E-state index contributed by atoms with van der Waals surface area (Å²) in [6, 6.07) is 10.3. The fourth-order valence-electron chi connectivity index (χ4n) is 1.94. The average molecular weight is 303 g/mol. The molecule has 0 saturated heterocycles. The normalized spacial score (nSPS) is 10.8. The van der Waals surface area contributed by atoms with E-state index in [1.165, 1.54) is 4.68 Å². The molecule has 1 aromatic carbocycles. The van der Waals surface area contributed by atoms with Crippen LogP contribution in [0.5, 0.6) is 0 Å². The molecule has 0 aliphatic carbocycles. The number of benzene rings is 1. The first kappa shape index (κ1) is 13.5. The van der Waals surface area contributed by atoms with Crippen molar-refractivity contribution >= 4 is 28.3 Å². The second-order valence-corrected chi connectivity index (χ2v) is 4.75. The second kappa shape index (κ2) is 5.47. The van der Waals surface area contributed by atoms with Gasteiger partial charge in [-0.2, -0.15) is 0 Å². The van der Waals surface area contributed by atoms with Crippen molar-refractivity contribution in [2.45, 2.75) is 6.54 Å². The van der Waals surface area contributed by atoms with Crippen LogP contribution in [0.2, 0.25) is 5.02 Å². The van der Waals surface area contributed by atoms with Crippen LogP contribution in [0.15, 0.2) is 41.2 Å². The highest BCUT2D eigenvalue weighted by Gasteiger charge is 2.09. The molecule has 3 rings (SSSR count). The summed E-state index contributed by atoms with van der Waals surface area (Å²) in [6.45, 7) is 0.116. The van der Waals surface area contributed by atoms with Crippen LogP contribution in [0.25, 0.3) is 10.9 Å². The zero-order valence-electron chi connectivity index (χ0n) is 10.8. The number of hydrazine groups is 1. The van der Waals surface area contributed by atoms with Crippen LogP contribution in [-0.4, -0.2) is 20.0 Å². The Bertz CT molecular complexity index is 863. The summed E-state index contributed by atoms with van der Waals surface area (Å²) in [7, 11) is 0. The third-order valence-corrected chi connectivity index (χ3v) is 3.34. The van der Waals surface area contributed by atoms with Crippen LogP contribution in [0.4, 0.5) is 5.82 Å². The predicted octanol–water partition coefficient (Wildman–Crippen LogP) is 1.17. The molecule has 3 N–H and O–H groups in total. The van der Waals surface area contributed by atoms with Crippen molar-refractivity contribution in [3.05, 3.63) is 57.5 Å². The molecule has 7 nitrogen and oxygen atoms in total. The highest BCUT2D eigenvalue weighted by atomic mass is 35.5. The highest BCUT2D eigenvalue weighted by Crippen LogP contribution is 2.16. The van der Waals surface area contributed by atoms with Gasteiger partial charge in [0.2, 0.25) is 0 Å². The minimum atomic E-state index is -0.246. The number of nitrogen functional groups attached to an aromatic ring is 1. The van der Waals surface area contributed by atoms with Crippen LogP contribution in [0, 0.1) is 0 Å². The number of nitrogens with zero attached hydrogens (tertiary/aromatic N) is 4. The molecule has 0 radical (unpaired) electrons. The Labute approximate surface area is 124 Å². The fourth-order valence-corrected chi connectivity index (χ4v) is 2.11. The number of anilines is 1. The van der Waals surface area contributed by atoms with E-state index in [2.05, 4.69) is 20.7 Å². The first-order chi connectivity index (χ1) is 10.2. The van der Waals surface area contributed by atoms with E-state index in [9.17, 15) is 4.79 Å². The molecule has 0 spiro atoms. The van der Waals surface area contributed by atoms with Gasteiger partial charge in [0, 0.05) is 0 Å². The summed E-state index contributed by atoms with van der Waals surface area (Å²) in [5.41, 5.74) is 3.22. The third kappa shape index (κ3) is 2.56. The van der Waals surface area contributed by atoms with Crippen LogP contribution in [-0.2, 0) is 6.54 Å². The molecule has 2 aromatic heterocycles. The number of nitrogens with two attached hydrogens (primary N) is 1. The molecule has 0 atom stereocenters. The van der Waals surface area contributed by atoms with Gasteiger partial charge >= 0.3 is 0 Å². The van der Waals surface area contributed by atoms with Gasteiger partial charge in [-0.15, -0.1) is 5.10 Å². The third-order valence-electron chi connectivity index (χ3n) is 3.00. The summed E-state index contributed by atoms with van der Waals surface area (Å²) in [4.78, 5) is 16.6. The molecule has 8 heteroatoms. The first-order valence-electron chi connectivity index (χ1n) is 6.13. The van der Waals surface area contributed by atoms with Gasteiger partial charge in [0.05, 0.1) is 22.6 Å². The summed E-state index contributed by atoms with van der Waals surface area (Å²) in [6.07, 6.45) is 0. The molecule has 0 amide bonds. The van der Waals surface area contributed by atoms with Crippen LogP contribution >= 0.6 is 11.6 Å². The lowest BCUT2D eigenvalue weighted by Crippen LogP contribution is -2.25. The van der Waals surface area contributed by atoms with Crippen molar-refractivity contribution in [3.8, 4) is 0 Å². The minimum absolute atomic E-state index is 0.116. The Morgan fingerprint density at radius 2 is 2.05 bits per heavy atom. The summed E-state index contributed by atoms with van der Waals surface area (Å²) >= 11 is 6.08. The summed E-state index contributed by atoms with van der Waals surface area (Å²) < 4.78 is 1.22. The minimum Gasteiger partial charge on any atom is -0.308 e. The van der Waals surface area contributed by atoms with Crippen molar-refractivity contribution < 1.29 is 0 Å². The molecule has 0 unspecified atom stereocenters. The molecule has 21 heavy (non-hydrogen) atoms. The van der Waals surface area contributed by atoms with Crippen molar-refractivity contribution in [1.29, 1.82) is 0 Å². The number of hydrogen-bond acceptors (Lipinski definition) is 6. The molecule has 0 saturated carbocycles. The maximum Gasteiger partial charge on any atom is 0.277 e. The van der Waals surface area contributed by atoms with E-state index in [-0.39, 0.29) is 12.1 Å². The van der Waals surface area contributed by atoms with E-state index in [1.807, 2.05) is 0 Å². The van der Waals surface area contributed by atoms with E-state index >= 15 is 0 Å². The Hall–Kier alpha value is -2.51. The lowest BCUT2D eigenvalue weighted by molar-refractivity contribution is 0.592. The van der Waals surface area contributed by atoms with Crippen molar-refractivity contribution in [2.24, 2.45) is 5.84 Å². The number of rotatable bonds is 3. The number of hydrogen-bond donors (Lipinski definition) is 2. The first-order valence-corrected chi connectivity index (χ1v) is 6.51. The smallest absolute Gasteiger partial charge is 0.277 e. The highest BCUT2D eigenvalue weighted by molar-refractivity contribution is 6.31. The Kier molecular flexibility index (Phi) is 3.51. The van der Waals surface area contributed by atoms with Gasteiger partial charge in [-0.3, -0.25) is 4.79 Å². The van der Waals surface area contributed by atoms with Crippen molar-refractivity contribution in [1.82, 2.24) is 20.0 Å². The molecular formula is C13H11ClN6O. The van der Waals surface area contributed by atoms with Crippen LogP contribution in [0.1, 0.15) is 5.69 Å². The molecular weight excluding hydrogens is 292 g/mol. The van der Waals surface area contributed by atoms with Gasteiger partial charge in [0.1, 0.15) is 11.3 Å². The number of aromatic nitrogens is 4. The SMILES string of the molecule is NNc1ccc(Cl)c(Cn2nnc3ccccc3c2=O)n1. The van der Waals surface area contributed by atoms with Gasteiger partial charge < -0.3 is 5.43 Å². The lowest BCUT2D eigenvalue weighted by Gasteiger charge is -2.07. The van der Waals surface area contributed by atoms with Gasteiger partial charge in [-0.25, -0.2) is 15.5 Å². The van der Waals surface area contributed by atoms with Gasteiger partial charge in [0.25, 0.3) is 5.56 Å².